The molecule has 3 nitrogen and oxygen atoms in total. The third-order valence-corrected chi connectivity index (χ3v) is 4.45. The van der Waals surface area contributed by atoms with Crippen molar-refractivity contribution >= 4 is 23.1 Å². The zero-order valence-electron chi connectivity index (χ0n) is 10.9. The Morgan fingerprint density at radius 3 is 2.80 bits per heavy atom. The van der Waals surface area contributed by atoms with E-state index in [1.807, 2.05) is 16.3 Å². The van der Waals surface area contributed by atoms with E-state index in [-0.39, 0.29) is 17.9 Å². The van der Waals surface area contributed by atoms with E-state index in [0.717, 1.165) is 19.4 Å². The van der Waals surface area contributed by atoms with Crippen LogP contribution in [0.3, 0.4) is 0 Å². The van der Waals surface area contributed by atoms with Gasteiger partial charge in [-0.15, -0.1) is 11.3 Å². The normalized spacial score (nSPS) is 18.2. The number of thiophene rings is 1. The predicted molar refractivity (Wildman–Crippen MR) is 78.4 cm³/mol. The lowest BCUT2D eigenvalue weighted by molar-refractivity contribution is 0.208. The maximum Gasteiger partial charge on any atom is 0.322 e. The standard InChI is InChI=1S/C15H15FN2OS/c16-11-5-7-12(8-6-11)17-15(19)18-9-1-3-13(18)14-4-2-10-20-14/h2,4-8,10,13H,1,3,9H2,(H,17,19). The van der Waals surface area contributed by atoms with Crippen molar-refractivity contribution in [3.63, 3.8) is 0 Å². The highest BCUT2D eigenvalue weighted by atomic mass is 32.1. The number of hydrogen-bond donors (Lipinski definition) is 1. The van der Waals surface area contributed by atoms with Gasteiger partial charge in [-0.05, 0) is 48.6 Å². The van der Waals surface area contributed by atoms with E-state index in [2.05, 4.69) is 11.4 Å². The summed E-state index contributed by atoms with van der Waals surface area (Å²) in [4.78, 5) is 15.4. The molecule has 1 fully saturated rings. The average Bonchev–Trinajstić information content (AvgIpc) is 3.11. The molecule has 104 valence electrons. The van der Waals surface area contributed by atoms with Crippen LogP contribution in [-0.2, 0) is 0 Å². The van der Waals surface area contributed by atoms with Crippen LogP contribution in [0, 0.1) is 5.82 Å². The molecule has 0 spiro atoms. The minimum absolute atomic E-state index is 0.118. The molecule has 1 aliphatic heterocycles. The number of rotatable bonds is 2. The van der Waals surface area contributed by atoms with Gasteiger partial charge < -0.3 is 10.2 Å². The number of nitrogens with one attached hydrogen (secondary N) is 1. The Morgan fingerprint density at radius 2 is 2.10 bits per heavy atom. The topological polar surface area (TPSA) is 32.3 Å². The van der Waals surface area contributed by atoms with Crippen LogP contribution in [0.5, 0.6) is 0 Å². The smallest absolute Gasteiger partial charge is 0.317 e. The van der Waals surface area contributed by atoms with Gasteiger partial charge in [0.05, 0.1) is 6.04 Å². The Morgan fingerprint density at radius 1 is 1.30 bits per heavy atom. The van der Waals surface area contributed by atoms with Crippen LogP contribution in [0.25, 0.3) is 0 Å². The van der Waals surface area contributed by atoms with E-state index in [1.165, 1.54) is 17.0 Å². The number of nitrogens with zero attached hydrogens (tertiary/aromatic N) is 1. The number of carbonyl (C=O) groups is 1. The Balaban J connectivity index is 1.71. The van der Waals surface area contributed by atoms with Crippen LogP contribution in [0.2, 0.25) is 0 Å². The molecule has 1 N–H and O–H groups in total. The first-order valence-electron chi connectivity index (χ1n) is 6.60. The van der Waals surface area contributed by atoms with Crippen molar-refractivity contribution in [1.82, 2.24) is 4.90 Å². The van der Waals surface area contributed by atoms with Crippen molar-refractivity contribution in [2.24, 2.45) is 0 Å². The molecule has 0 radical (unpaired) electrons. The van der Waals surface area contributed by atoms with Gasteiger partial charge >= 0.3 is 6.03 Å². The van der Waals surface area contributed by atoms with Crippen LogP contribution in [0.1, 0.15) is 23.8 Å². The molecule has 3 rings (SSSR count). The van der Waals surface area contributed by atoms with Crippen LogP contribution in [0.4, 0.5) is 14.9 Å². The summed E-state index contributed by atoms with van der Waals surface area (Å²) in [5.41, 5.74) is 0.619. The van der Waals surface area contributed by atoms with Crippen LogP contribution >= 0.6 is 11.3 Å². The first-order valence-corrected chi connectivity index (χ1v) is 7.48. The maximum absolute atomic E-state index is 12.9. The molecule has 0 aliphatic carbocycles. The lowest BCUT2D eigenvalue weighted by Gasteiger charge is -2.24. The molecule has 5 heteroatoms. The SMILES string of the molecule is O=C(Nc1ccc(F)cc1)N1CCCC1c1cccs1. The van der Waals surface area contributed by atoms with E-state index >= 15 is 0 Å². The molecule has 2 aromatic rings. The molecular weight excluding hydrogens is 275 g/mol. The summed E-state index contributed by atoms with van der Waals surface area (Å²) in [5, 5.41) is 4.86. The van der Waals surface area contributed by atoms with E-state index in [1.54, 1.807) is 23.5 Å². The van der Waals surface area contributed by atoms with Gasteiger partial charge in [-0.1, -0.05) is 6.07 Å². The molecule has 1 unspecified atom stereocenters. The fourth-order valence-electron chi connectivity index (χ4n) is 2.51. The minimum atomic E-state index is -0.305. The highest BCUT2D eigenvalue weighted by molar-refractivity contribution is 7.10. The zero-order valence-corrected chi connectivity index (χ0v) is 11.7. The second-order valence-electron chi connectivity index (χ2n) is 4.80. The summed E-state index contributed by atoms with van der Waals surface area (Å²) in [6, 6.07) is 9.95. The van der Waals surface area contributed by atoms with Gasteiger partial charge in [0.15, 0.2) is 0 Å². The number of benzene rings is 1. The third-order valence-electron chi connectivity index (χ3n) is 3.48. The molecule has 2 heterocycles. The molecular formula is C15H15FN2OS. The van der Waals surface area contributed by atoms with Gasteiger partial charge in [0.2, 0.25) is 0 Å². The Bertz CT molecular complexity index is 582. The van der Waals surface area contributed by atoms with Crippen LogP contribution < -0.4 is 5.32 Å². The highest BCUT2D eigenvalue weighted by Crippen LogP contribution is 2.34. The van der Waals surface area contributed by atoms with Crippen molar-refractivity contribution in [2.75, 3.05) is 11.9 Å². The number of anilines is 1. The van der Waals surface area contributed by atoms with Crippen molar-refractivity contribution < 1.29 is 9.18 Å². The molecule has 1 saturated heterocycles. The number of halogens is 1. The summed E-state index contributed by atoms with van der Waals surface area (Å²) in [7, 11) is 0. The fraction of sp³-hybridized carbons (Fsp3) is 0.267. The second-order valence-corrected chi connectivity index (χ2v) is 5.78. The van der Waals surface area contributed by atoms with Gasteiger partial charge in [0.1, 0.15) is 5.82 Å². The first-order chi connectivity index (χ1) is 9.74. The minimum Gasteiger partial charge on any atom is -0.317 e. The van der Waals surface area contributed by atoms with Crippen molar-refractivity contribution in [3.8, 4) is 0 Å². The predicted octanol–water partition coefficient (Wildman–Crippen LogP) is 4.26. The van der Waals surface area contributed by atoms with Crippen LogP contribution in [0.15, 0.2) is 41.8 Å². The van der Waals surface area contributed by atoms with E-state index < -0.39 is 0 Å². The largest absolute Gasteiger partial charge is 0.322 e. The molecule has 1 aromatic carbocycles. The maximum atomic E-state index is 12.9. The van der Waals surface area contributed by atoms with E-state index in [9.17, 15) is 9.18 Å². The molecule has 20 heavy (non-hydrogen) atoms. The Hall–Kier alpha value is -1.88. The lowest BCUT2D eigenvalue weighted by atomic mass is 10.2. The van der Waals surface area contributed by atoms with Gasteiger partial charge in [-0.3, -0.25) is 0 Å². The summed E-state index contributed by atoms with van der Waals surface area (Å²) < 4.78 is 12.9. The number of amides is 2. The summed E-state index contributed by atoms with van der Waals surface area (Å²) >= 11 is 1.68. The summed E-state index contributed by atoms with van der Waals surface area (Å²) in [5.74, 6) is -0.305. The lowest BCUT2D eigenvalue weighted by Crippen LogP contribution is -2.34. The third kappa shape index (κ3) is 2.67. The van der Waals surface area contributed by atoms with Crippen LogP contribution in [-0.4, -0.2) is 17.5 Å². The number of likely N-dealkylation sites (tertiary alicyclic amines) is 1. The van der Waals surface area contributed by atoms with E-state index in [0.29, 0.717) is 5.69 Å². The van der Waals surface area contributed by atoms with Gasteiger partial charge in [0, 0.05) is 17.1 Å². The van der Waals surface area contributed by atoms with Crippen molar-refractivity contribution in [1.29, 1.82) is 0 Å². The van der Waals surface area contributed by atoms with Gasteiger partial charge in [-0.25, -0.2) is 9.18 Å². The highest BCUT2D eigenvalue weighted by Gasteiger charge is 2.30. The second kappa shape index (κ2) is 5.63. The average molecular weight is 290 g/mol. The van der Waals surface area contributed by atoms with Gasteiger partial charge in [-0.2, -0.15) is 0 Å². The number of hydrogen-bond acceptors (Lipinski definition) is 2. The molecule has 0 saturated carbocycles. The van der Waals surface area contributed by atoms with Gasteiger partial charge in [0.25, 0.3) is 0 Å². The molecule has 0 bridgehead atoms. The zero-order chi connectivity index (χ0) is 13.9. The summed E-state index contributed by atoms with van der Waals surface area (Å²) in [6.45, 7) is 0.760. The van der Waals surface area contributed by atoms with Crippen molar-refractivity contribution in [2.45, 2.75) is 18.9 Å². The Kier molecular flexibility index (Phi) is 3.69. The number of urea groups is 1. The number of carbonyl (C=O) groups excluding carboxylic acids is 1. The quantitative estimate of drug-likeness (QED) is 0.880. The van der Waals surface area contributed by atoms with E-state index in [4.69, 9.17) is 0 Å². The molecule has 2 amide bonds. The molecule has 1 atom stereocenters. The first kappa shape index (κ1) is 13.1. The Labute approximate surface area is 121 Å². The molecule has 1 aliphatic rings. The monoisotopic (exact) mass is 290 g/mol. The molecule has 1 aromatic heterocycles. The summed E-state index contributed by atoms with van der Waals surface area (Å²) in [6.07, 6.45) is 2.01. The van der Waals surface area contributed by atoms with Crippen molar-refractivity contribution in [3.05, 3.63) is 52.5 Å². The fourth-order valence-corrected chi connectivity index (χ4v) is 3.39.